The van der Waals surface area contributed by atoms with Gasteiger partial charge in [0, 0.05) is 43.4 Å². The summed E-state index contributed by atoms with van der Waals surface area (Å²) < 4.78 is 32.9. The summed E-state index contributed by atoms with van der Waals surface area (Å²) in [6.07, 6.45) is 1.82. The number of aromatic nitrogens is 4. The molecule has 0 spiro atoms. The van der Waals surface area contributed by atoms with Crippen molar-refractivity contribution in [3.63, 3.8) is 0 Å². The topological polar surface area (TPSA) is 94.1 Å². The van der Waals surface area contributed by atoms with Gasteiger partial charge in [-0.15, -0.1) is 10.2 Å². The molecular formula is C17H19N5O3S. The van der Waals surface area contributed by atoms with Crippen LogP contribution in [0.1, 0.15) is 16.8 Å². The van der Waals surface area contributed by atoms with E-state index < -0.39 is 10.0 Å². The molecule has 1 aliphatic rings. The van der Waals surface area contributed by atoms with Crippen LogP contribution in [-0.4, -0.2) is 45.5 Å². The lowest BCUT2D eigenvalue weighted by molar-refractivity contribution is 0.389. The fourth-order valence-electron chi connectivity index (χ4n) is 3.15. The van der Waals surface area contributed by atoms with Crippen LogP contribution in [-0.2, 0) is 30.0 Å². The fourth-order valence-corrected chi connectivity index (χ4v) is 3.94. The molecule has 0 aliphatic carbocycles. The van der Waals surface area contributed by atoms with Gasteiger partial charge in [-0.3, -0.25) is 4.68 Å². The smallest absolute Gasteiger partial charge is 0.268 e. The van der Waals surface area contributed by atoms with Crippen LogP contribution >= 0.6 is 0 Å². The van der Waals surface area contributed by atoms with Crippen molar-refractivity contribution in [1.82, 2.24) is 24.3 Å². The summed E-state index contributed by atoms with van der Waals surface area (Å²) in [6, 6.07) is 7.80. The van der Waals surface area contributed by atoms with E-state index in [0.717, 1.165) is 22.4 Å². The maximum atomic E-state index is 11.9. The Hall–Kier alpha value is -2.52. The highest BCUT2D eigenvalue weighted by Gasteiger charge is 2.30. The largest absolute Gasteiger partial charge is 0.415 e. The minimum atomic E-state index is -3.27. The van der Waals surface area contributed by atoms with Gasteiger partial charge >= 0.3 is 0 Å². The summed E-state index contributed by atoms with van der Waals surface area (Å²) in [5.74, 6) is 0.711. The fraction of sp³-hybridized carbons (Fsp3) is 0.353. The summed E-state index contributed by atoms with van der Waals surface area (Å²) in [4.78, 5) is 0. The third-order valence-electron chi connectivity index (χ3n) is 4.60. The molecule has 1 aromatic carbocycles. The summed E-state index contributed by atoms with van der Waals surface area (Å²) in [7, 11) is -1.43. The molecule has 0 radical (unpaired) electrons. The van der Waals surface area contributed by atoms with Gasteiger partial charge in [-0.05, 0) is 19.1 Å². The molecule has 0 amide bonds. The van der Waals surface area contributed by atoms with Gasteiger partial charge in [-0.25, -0.2) is 8.42 Å². The molecule has 1 aliphatic heterocycles. The second kappa shape index (κ2) is 6.03. The molecule has 0 saturated heterocycles. The van der Waals surface area contributed by atoms with Crippen LogP contribution in [0.3, 0.4) is 0 Å². The molecule has 4 rings (SSSR count). The minimum Gasteiger partial charge on any atom is -0.415 e. The SMILES string of the molecule is Cc1ccc(-c2nnc(-c3nn(C)c4c3CN(S(C)(=O)=O)CC4)o2)cc1. The first kappa shape index (κ1) is 16.9. The zero-order valence-electron chi connectivity index (χ0n) is 14.8. The number of sulfonamides is 1. The van der Waals surface area contributed by atoms with Gasteiger partial charge in [0.2, 0.25) is 15.9 Å². The molecule has 0 fully saturated rings. The second-order valence-electron chi connectivity index (χ2n) is 6.52. The van der Waals surface area contributed by atoms with Gasteiger partial charge in [0.05, 0.1) is 6.26 Å². The van der Waals surface area contributed by atoms with Crippen LogP contribution in [0, 0.1) is 6.92 Å². The number of hydrogen-bond acceptors (Lipinski definition) is 6. The highest BCUT2D eigenvalue weighted by molar-refractivity contribution is 7.88. The van der Waals surface area contributed by atoms with Crippen LogP contribution < -0.4 is 0 Å². The number of benzene rings is 1. The Morgan fingerprint density at radius 1 is 1.12 bits per heavy atom. The molecule has 0 saturated carbocycles. The van der Waals surface area contributed by atoms with E-state index in [1.54, 1.807) is 4.68 Å². The number of hydrogen-bond donors (Lipinski definition) is 0. The van der Waals surface area contributed by atoms with Crippen molar-refractivity contribution in [3.8, 4) is 23.0 Å². The van der Waals surface area contributed by atoms with Crippen molar-refractivity contribution >= 4 is 10.0 Å². The summed E-state index contributed by atoms with van der Waals surface area (Å²) in [5.41, 5.74) is 4.34. The Kier molecular flexibility index (Phi) is 3.92. The highest BCUT2D eigenvalue weighted by atomic mass is 32.2. The third kappa shape index (κ3) is 2.93. The molecule has 9 heteroatoms. The number of fused-ring (bicyclic) bond motifs is 1. The number of rotatable bonds is 3. The Morgan fingerprint density at radius 2 is 1.81 bits per heavy atom. The molecule has 26 heavy (non-hydrogen) atoms. The van der Waals surface area contributed by atoms with Crippen molar-refractivity contribution in [2.45, 2.75) is 19.9 Å². The normalized spacial score (nSPS) is 15.2. The highest BCUT2D eigenvalue weighted by Crippen LogP contribution is 2.31. The zero-order valence-corrected chi connectivity index (χ0v) is 15.6. The van der Waals surface area contributed by atoms with E-state index in [0.29, 0.717) is 30.4 Å². The number of aryl methyl sites for hydroxylation is 2. The average molecular weight is 373 g/mol. The Morgan fingerprint density at radius 3 is 2.50 bits per heavy atom. The van der Waals surface area contributed by atoms with Crippen molar-refractivity contribution < 1.29 is 12.8 Å². The van der Waals surface area contributed by atoms with Gasteiger partial charge in [0.25, 0.3) is 5.89 Å². The van der Waals surface area contributed by atoms with E-state index in [-0.39, 0.29) is 6.54 Å². The third-order valence-corrected chi connectivity index (χ3v) is 5.85. The van der Waals surface area contributed by atoms with E-state index in [2.05, 4.69) is 15.3 Å². The Bertz CT molecular complexity index is 1070. The molecular weight excluding hydrogens is 354 g/mol. The molecule has 136 valence electrons. The van der Waals surface area contributed by atoms with E-state index in [1.165, 1.54) is 10.6 Å². The first-order chi connectivity index (χ1) is 12.3. The predicted molar refractivity (Wildman–Crippen MR) is 95.6 cm³/mol. The van der Waals surface area contributed by atoms with Crippen LogP contribution in [0.15, 0.2) is 28.7 Å². The Labute approximate surface area is 151 Å². The van der Waals surface area contributed by atoms with E-state index >= 15 is 0 Å². The maximum absolute atomic E-state index is 11.9. The van der Waals surface area contributed by atoms with Crippen molar-refractivity contribution in [2.24, 2.45) is 7.05 Å². The monoisotopic (exact) mass is 373 g/mol. The van der Waals surface area contributed by atoms with Crippen molar-refractivity contribution in [2.75, 3.05) is 12.8 Å². The van der Waals surface area contributed by atoms with Crippen LogP contribution in [0.25, 0.3) is 23.0 Å². The van der Waals surface area contributed by atoms with E-state index in [1.807, 2.05) is 38.2 Å². The molecule has 8 nitrogen and oxygen atoms in total. The van der Waals surface area contributed by atoms with Gasteiger partial charge in [0.15, 0.2) is 5.69 Å². The molecule has 0 atom stereocenters. The van der Waals surface area contributed by atoms with Gasteiger partial charge in [0.1, 0.15) is 0 Å². The quantitative estimate of drug-likeness (QED) is 0.694. The Balaban J connectivity index is 1.73. The van der Waals surface area contributed by atoms with Crippen LogP contribution in [0.5, 0.6) is 0 Å². The van der Waals surface area contributed by atoms with Gasteiger partial charge in [-0.2, -0.15) is 9.40 Å². The van der Waals surface area contributed by atoms with E-state index in [9.17, 15) is 8.42 Å². The lowest BCUT2D eigenvalue weighted by Crippen LogP contribution is -2.35. The van der Waals surface area contributed by atoms with Crippen LogP contribution in [0.4, 0.5) is 0 Å². The van der Waals surface area contributed by atoms with Crippen LogP contribution in [0.2, 0.25) is 0 Å². The van der Waals surface area contributed by atoms with Gasteiger partial charge < -0.3 is 4.42 Å². The average Bonchev–Trinajstić information content (AvgIpc) is 3.20. The standard InChI is InChI=1S/C17H19N5O3S/c1-11-4-6-12(7-5-11)16-18-19-17(25-16)15-13-10-22(26(3,23)24)9-8-14(13)21(2)20-15/h4-7H,8-10H2,1-3H3. The molecule has 0 N–H and O–H groups in total. The minimum absolute atomic E-state index is 0.263. The molecule has 3 aromatic rings. The lowest BCUT2D eigenvalue weighted by atomic mass is 10.1. The molecule has 2 aromatic heterocycles. The summed E-state index contributed by atoms with van der Waals surface area (Å²) >= 11 is 0. The molecule has 3 heterocycles. The van der Waals surface area contributed by atoms with Gasteiger partial charge in [-0.1, -0.05) is 17.7 Å². The summed E-state index contributed by atoms with van der Waals surface area (Å²) in [5, 5.41) is 12.8. The van der Waals surface area contributed by atoms with Crippen molar-refractivity contribution in [3.05, 3.63) is 41.1 Å². The molecule has 0 bridgehead atoms. The second-order valence-corrected chi connectivity index (χ2v) is 8.50. The zero-order chi connectivity index (χ0) is 18.5. The predicted octanol–water partition coefficient (Wildman–Crippen LogP) is 1.76. The number of nitrogens with zero attached hydrogens (tertiary/aromatic N) is 5. The van der Waals surface area contributed by atoms with Crippen molar-refractivity contribution in [1.29, 1.82) is 0 Å². The summed E-state index contributed by atoms with van der Waals surface area (Å²) in [6.45, 7) is 2.72. The lowest BCUT2D eigenvalue weighted by Gasteiger charge is -2.25. The first-order valence-corrected chi connectivity index (χ1v) is 10.1. The maximum Gasteiger partial charge on any atom is 0.268 e. The van der Waals surface area contributed by atoms with E-state index in [4.69, 9.17) is 4.42 Å². The first-order valence-electron chi connectivity index (χ1n) is 8.23. The molecule has 0 unspecified atom stereocenters.